The molecule has 1 aliphatic rings. The van der Waals surface area contributed by atoms with E-state index in [2.05, 4.69) is 24.4 Å². The highest BCUT2D eigenvalue weighted by atomic mass is 16.4. The summed E-state index contributed by atoms with van der Waals surface area (Å²) in [6, 6.07) is 8.17. The number of rotatable bonds is 5. The molecule has 0 radical (unpaired) electrons. The Morgan fingerprint density at radius 3 is 2.70 bits per heavy atom. The van der Waals surface area contributed by atoms with Crippen LogP contribution in [0, 0.1) is 5.92 Å². The zero-order chi connectivity index (χ0) is 14.6. The molecule has 1 fully saturated rings. The molecule has 110 valence electrons. The van der Waals surface area contributed by atoms with Crippen molar-refractivity contribution < 1.29 is 15.0 Å². The van der Waals surface area contributed by atoms with E-state index in [1.807, 2.05) is 12.1 Å². The van der Waals surface area contributed by atoms with Gasteiger partial charge in [-0.2, -0.15) is 0 Å². The highest BCUT2D eigenvalue weighted by Gasteiger charge is 2.35. The summed E-state index contributed by atoms with van der Waals surface area (Å²) in [5, 5.41) is 22.8. The van der Waals surface area contributed by atoms with Crippen LogP contribution >= 0.6 is 0 Å². The molecule has 0 spiro atoms. The molecule has 0 atom stereocenters. The molecule has 2 rings (SSSR count). The van der Waals surface area contributed by atoms with Crippen molar-refractivity contribution in [2.75, 3.05) is 11.9 Å². The predicted molar refractivity (Wildman–Crippen MR) is 78.9 cm³/mol. The third-order valence-electron chi connectivity index (χ3n) is 4.22. The molecular formula is C16H23NO3. The van der Waals surface area contributed by atoms with E-state index in [1.54, 1.807) is 0 Å². The lowest BCUT2D eigenvalue weighted by Gasteiger charge is -2.35. The average Bonchev–Trinajstić information content (AvgIpc) is 2.46. The van der Waals surface area contributed by atoms with Crippen molar-refractivity contribution >= 4 is 11.7 Å². The molecule has 0 aliphatic heterocycles. The normalized spacial score (nSPS) is 26.2. The van der Waals surface area contributed by atoms with Crippen molar-refractivity contribution in [3.05, 3.63) is 29.8 Å². The third kappa shape index (κ3) is 3.73. The number of carbonyl (C=O) groups is 1. The van der Waals surface area contributed by atoms with Crippen LogP contribution in [-0.2, 0) is 11.2 Å². The molecule has 1 saturated carbocycles. The van der Waals surface area contributed by atoms with Crippen LogP contribution < -0.4 is 5.32 Å². The zero-order valence-corrected chi connectivity index (χ0v) is 11.9. The SMILES string of the molecule is CCc1cccc(NCC2(O)CCC(C(=O)O)CC2)c1. The molecular weight excluding hydrogens is 254 g/mol. The summed E-state index contributed by atoms with van der Waals surface area (Å²) in [5.74, 6) is -1.03. The zero-order valence-electron chi connectivity index (χ0n) is 11.9. The van der Waals surface area contributed by atoms with E-state index < -0.39 is 11.6 Å². The second-order valence-electron chi connectivity index (χ2n) is 5.74. The van der Waals surface area contributed by atoms with Crippen molar-refractivity contribution in [3.8, 4) is 0 Å². The van der Waals surface area contributed by atoms with Gasteiger partial charge < -0.3 is 15.5 Å². The van der Waals surface area contributed by atoms with Crippen LogP contribution in [0.2, 0.25) is 0 Å². The first kappa shape index (κ1) is 14.9. The third-order valence-corrected chi connectivity index (χ3v) is 4.22. The van der Waals surface area contributed by atoms with Crippen molar-refractivity contribution in [1.82, 2.24) is 0 Å². The van der Waals surface area contributed by atoms with Crippen LogP contribution in [0.15, 0.2) is 24.3 Å². The largest absolute Gasteiger partial charge is 0.481 e. The van der Waals surface area contributed by atoms with E-state index >= 15 is 0 Å². The lowest BCUT2D eigenvalue weighted by Crippen LogP contribution is -2.41. The maximum Gasteiger partial charge on any atom is 0.306 e. The minimum atomic E-state index is -0.784. The average molecular weight is 277 g/mol. The van der Waals surface area contributed by atoms with Crippen molar-refractivity contribution in [1.29, 1.82) is 0 Å². The molecule has 0 heterocycles. The number of carboxylic acids is 1. The first-order valence-electron chi connectivity index (χ1n) is 7.30. The van der Waals surface area contributed by atoms with E-state index in [0.717, 1.165) is 12.1 Å². The van der Waals surface area contributed by atoms with Gasteiger partial charge in [-0.15, -0.1) is 0 Å². The van der Waals surface area contributed by atoms with Gasteiger partial charge in [-0.1, -0.05) is 19.1 Å². The van der Waals surface area contributed by atoms with Gasteiger partial charge in [0.25, 0.3) is 0 Å². The fourth-order valence-electron chi connectivity index (χ4n) is 2.75. The Morgan fingerprint density at radius 1 is 1.40 bits per heavy atom. The summed E-state index contributed by atoms with van der Waals surface area (Å²) >= 11 is 0. The van der Waals surface area contributed by atoms with E-state index in [-0.39, 0.29) is 5.92 Å². The number of benzene rings is 1. The van der Waals surface area contributed by atoms with Crippen LogP contribution in [0.25, 0.3) is 0 Å². The van der Waals surface area contributed by atoms with E-state index in [9.17, 15) is 9.90 Å². The molecule has 0 amide bonds. The summed E-state index contributed by atoms with van der Waals surface area (Å²) in [6.07, 6.45) is 3.19. The van der Waals surface area contributed by atoms with Crippen molar-refractivity contribution in [2.24, 2.45) is 5.92 Å². The number of carboxylic acid groups (broad SMARTS) is 1. The Labute approximate surface area is 119 Å². The maximum atomic E-state index is 10.9. The molecule has 1 aromatic rings. The topological polar surface area (TPSA) is 69.6 Å². The number of aryl methyl sites for hydroxylation is 1. The maximum absolute atomic E-state index is 10.9. The lowest BCUT2D eigenvalue weighted by atomic mass is 9.79. The summed E-state index contributed by atoms with van der Waals surface area (Å²) in [4.78, 5) is 10.9. The number of aliphatic carboxylic acids is 1. The highest BCUT2D eigenvalue weighted by molar-refractivity contribution is 5.70. The number of nitrogens with one attached hydrogen (secondary N) is 1. The Morgan fingerprint density at radius 2 is 2.10 bits per heavy atom. The number of aliphatic hydroxyl groups is 1. The second kappa shape index (κ2) is 6.27. The van der Waals surface area contributed by atoms with Gasteiger partial charge in [-0.3, -0.25) is 4.79 Å². The minimum Gasteiger partial charge on any atom is -0.481 e. The standard InChI is InChI=1S/C16H23NO3/c1-2-12-4-3-5-14(10-12)17-11-16(20)8-6-13(7-9-16)15(18)19/h3-5,10,13,17,20H,2,6-9,11H2,1H3,(H,18,19). The fourth-order valence-corrected chi connectivity index (χ4v) is 2.75. The Balaban J connectivity index is 1.88. The molecule has 4 heteroatoms. The predicted octanol–water partition coefficient (Wildman–Crippen LogP) is 2.67. The molecule has 4 nitrogen and oxygen atoms in total. The molecule has 0 saturated heterocycles. The van der Waals surface area contributed by atoms with E-state index in [4.69, 9.17) is 5.11 Å². The minimum absolute atomic E-state index is 0.293. The summed E-state index contributed by atoms with van der Waals surface area (Å²) < 4.78 is 0. The van der Waals surface area contributed by atoms with Gasteiger partial charge in [0.1, 0.15) is 0 Å². The van der Waals surface area contributed by atoms with Crippen LogP contribution in [-0.4, -0.2) is 28.3 Å². The summed E-state index contributed by atoms with van der Waals surface area (Å²) in [5.41, 5.74) is 1.49. The second-order valence-corrected chi connectivity index (χ2v) is 5.74. The first-order valence-corrected chi connectivity index (χ1v) is 7.30. The molecule has 0 unspecified atom stereocenters. The van der Waals surface area contributed by atoms with Gasteiger partial charge in [0.2, 0.25) is 0 Å². The summed E-state index contributed by atoms with van der Waals surface area (Å²) in [7, 11) is 0. The summed E-state index contributed by atoms with van der Waals surface area (Å²) in [6.45, 7) is 2.59. The highest BCUT2D eigenvalue weighted by Crippen LogP contribution is 2.32. The molecule has 1 aromatic carbocycles. The quantitative estimate of drug-likeness (QED) is 0.774. The van der Waals surface area contributed by atoms with Gasteiger partial charge in [-0.05, 0) is 49.8 Å². The Hall–Kier alpha value is -1.55. The van der Waals surface area contributed by atoms with Crippen molar-refractivity contribution in [2.45, 2.75) is 44.6 Å². The van der Waals surface area contributed by atoms with Gasteiger partial charge in [-0.25, -0.2) is 0 Å². The molecule has 1 aliphatic carbocycles. The van der Waals surface area contributed by atoms with Crippen LogP contribution in [0.4, 0.5) is 5.69 Å². The monoisotopic (exact) mass is 277 g/mol. The van der Waals surface area contributed by atoms with Crippen LogP contribution in [0.3, 0.4) is 0 Å². The fraction of sp³-hybridized carbons (Fsp3) is 0.562. The number of hydrogen-bond donors (Lipinski definition) is 3. The van der Waals surface area contributed by atoms with E-state index in [1.165, 1.54) is 5.56 Å². The molecule has 20 heavy (non-hydrogen) atoms. The lowest BCUT2D eigenvalue weighted by molar-refractivity contribution is -0.144. The van der Waals surface area contributed by atoms with Gasteiger partial charge >= 0.3 is 5.97 Å². The molecule has 0 aromatic heterocycles. The number of anilines is 1. The van der Waals surface area contributed by atoms with Gasteiger partial charge in [0.05, 0.1) is 11.5 Å². The molecule has 0 bridgehead atoms. The van der Waals surface area contributed by atoms with E-state index in [0.29, 0.717) is 32.2 Å². The Bertz CT molecular complexity index is 465. The Kier molecular flexibility index (Phi) is 4.65. The van der Waals surface area contributed by atoms with Crippen LogP contribution in [0.5, 0.6) is 0 Å². The number of hydrogen-bond acceptors (Lipinski definition) is 3. The van der Waals surface area contributed by atoms with Crippen LogP contribution in [0.1, 0.15) is 38.2 Å². The smallest absolute Gasteiger partial charge is 0.306 e. The first-order chi connectivity index (χ1) is 9.52. The van der Waals surface area contributed by atoms with Crippen molar-refractivity contribution in [3.63, 3.8) is 0 Å². The van der Waals surface area contributed by atoms with Gasteiger partial charge in [0.15, 0.2) is 0 Å². The molecule has 3 N–H and O–H groups in total. The van der Waals surface area contributed by atoms with Gasteiger partial charge in [0, 0.05) is 12.2 Å².